The number of furan rings is 1. The van der Waals surface area contributed by atoms with Crippen molar-refractivity contribution in [3.8, 4) is 11.3 Å². The maximum atomic E-state index is 5.07. The minimum atomic E-state index is 0.625. The molecule has 6 nitrogen and oxygen atoms in total. The normalized spacial score (nSPS) is 10.8. The summed E-state index contributed by atoms with van der Waals surface area (Å²) in [5.41, 5.74) is 3.60. The Morgan fingerprint density at radius 3 is 2.83 bits per heavy atom. The van der Waals surface area contributed by atoms with Crippen LogP contribution >= 0.6 is 0 Å². The predicted octanol–water partition coefficient (Wildman–Crippen LogP) is 3.29. The molecule has 4 aromatic rings. The van der Waals surface area contributed by atoms with Crippen molar-refractivity contribution in [2.45, 2.75) is 6.54 Å². The molecule has 0 aliphatic heterocycles. The molecule has 0 aliphatic carbocycles. The van der Waals surface area contributed by atoms with E-state index in [-0.39, 0.29) is 0 Å². The maximum Gasteiger partial charge on any atom is 0.164 e. The summed E-state index contributed by atoms with van der Waals surface area (Å²) < 4.78 is 5.07. The highest BCUT2D eigenvalue weighted by atomic mass is 16.3. The average molecular weight is 303 g/mol. The summed E-state index contributed by atoms with van der Waals surface area (Å²) in [6.07, 6.45) is 8.40. The van der Waals surface area contributed by atoms with Gasteiger partial charge in [-0.05, 0) is 29.8 Å². The number of hydrogen-bond donors (Lipinski definition) is 1. The van der Waals surface area contributed by atoms with E-state index in [9.17, 15) is 0 Å². The van der Waals surface area contributed by atoms with Crippen LogP contribution in [0.25, 0.3) is 22.3 Å². The molecule has 0 saturated heterocycles. The number of rotatable bonds is 4. The van der Waals surface area contributed by atoms with Crippen molar-refractivity contribution in [3.63, 3.8) is 0 Å². The van der Waals surface area contributed by atoms with E-state index in [1.807, 2.05) is 36.5 Å². The molecule has 23 heavy (non-hydrogen) atoms. The van der Waals surface area contributed by atoms with Gasteiger partial charge in [-0.3, -0.25) is 4.98 Å². The summed E-state index contributed by atoms with van der Waals surface area (Å²) in [4.78, 5) is 17.1. The summed E-state index contributed by atoms with van der Waals surface area (Å²) in [5.74, 6) is 0.766. The lowest BCUT2D eigenvalue weighted by Crippen LogP contribution is -2.03. The van der Waals surface area contributed by atoms with Gasteiger partial charge in [-0.25, -0.2) is 15.0 Å². The quantitative estimate of drug-likeness (QED) is 0.623. The first-order valence-electron chi connectivity index (χ1n) is 7.17. The van der Waals surface area contributed by atoms with Crippen LogP contribution in [0.4, 0.5) is 5.82 Å². The van der Waals surface area contributed by atoms with Crippen molar-refractivity contribution in [1.82, 2.24) is 19.9 Å². The second-order valence-electron chi connectivity index (χ2n) is 5.01. The Morgan fingerprint density at radius 2 is 2.00 bits per heavy atom. The van der Waals surface area contributed by atoms with Gasteiger partial charge in [0.25, 0.3) is 0 Å². The van der Waals surface area contributed by atoms with Gasteiger partial charge in [0.1, 0.15) is 12.1 Å². The highest BCUT2D eigenvalue weighted by molar-refractivity contribution is 5.85. The molecule has 0 aliphatic rings. The fraction of sp³-hybridized carbons (Fsp3) is 0.0588. The number of hydrogen-bond acceptors (Lipinski definition) is 6. The average Bonchev–Trinajstić information content (AvgIpc) is 3.15. The number of nitrogens with one attached hydrogen (secondary N) is 1. The minimum Gasteiger partial charge on any atom is -0.472 e. The topological polar surface area (TPSA) is 76.7 Å². The lowest BCUT2D eigenvalue weighted by Gasteiger charge is -2.08. The molecule has 0 radical (unpaired) electrons. The molecule has 0 atom stereocenters. The molecule has 4 rings (SSSR count). The summed E-state index contributed by atoms with van der Waals surface area (Å²) in [6, 6.07) is 9.72. The van der Waals surface area contributed by atoms with Crippen LogP contribution in [0.3, 0.4) is 0 Å². The van der Waals surface area contributed by atoms with Gasteiger partial charge in [0.05, 0.1) is 23.6 Å². The van der Waals surface area contributed by atoms with Crippen molar-refractivity contribution in [3.05, 3.63) is 67.1 Å². The third-order valence-corrected chi connectivity index (χ3v) is 3.51. The highest BCUT2D eigenvalue weighted by Crippen LogP contribution is 2.19. The molecule has 112 valence electrons. The van der Waals surface area contributed by atoms with Gasteiger partial charge in [-0.2, -0.15) is 0 Å². The Morgan fingerprint density at radius 1 is 1.00 bits per heavy atom. The van der Waals surface area contributed by atoms with Crippen LogP contribution in [-0.4, -0.2) is 19.9 Å². The van der Waals surface area contributed by atoms with Crippen LogP contribution < -0.4 is 5.32 Å². The van der Waals surface area contributed by atoms with E-state index in [0.29, 0.717) is 12.2 Å². The van der Waals surface area contributed by atoms with Crippen molar-refractivity contribution >= 4 is 16.9 Å². The van der Waals surface area contributed by atoms with Crippen molar-refractivity contribution in [2.24, 2.45) is 0 Å². The first-order chi connectivity index (χ1) is 11.4. The third kappa shape index (κ3) is 2.74. The molecular formula is C17H13N5O. The van der Waals surface area contributed by atoms with Gasteiger partial charge in [-0.15, -0.1) is 0 Å². The molecule has 4 heterocycles. The predicted molar refractivity (Wildman–Crippen MR) is 86.6 cm³/mol. The molecule has 4 aromatic heterocycles. The van der Waals surface area contributed by atoms with Crippen molar-refractivity contribution in [1.29, 1.82) is 0 Å². The number of aromatic nitrogens is 4. The highest BCUT2D eigenvalue weighted by Gasteiger charge is 2.04. The van der Waals surface area contributed by atoms with E-state index in [4.69, 9.17) is 4.42 Å². The molecular weight excluding hydrogens is 290 g/mol. The first kappa shape index (κ1) is 13.4. The van der Waals surface area contributed by atoms with E-state index >= 15 is 0 Å². The molecule has 0 spiro atoms. The lowest BCUT2D eigenvalue weighted by atomic mass is 10.2. The van der Waals surface area contributed by atoms with Crippen molar-refractivity contribution in [2.75, 3.05) is 5.32 Å². The van der Waals surface area contributed by atoms with E-state index in [1.165, 1.54) is 6.33 Å². The van der Waals surface area contributed by atoms with E-state index in [0.717, 1.165) is 28.0 Å². The van der Waals surface area contributed by atoms with E-state index < -0.39 is 0 Å². The van der Waals surface area contributed by atoms with Crippen LogP contribution in [0.5, 0.6) is 0 Å². The van der Waals surface area contributed by atoms with Gasteiger partial charge >= 0.3 is 0 Å². The number of anilines is 1. The van der Waals surface area contributed by atoms with Crippen LogP contribution in [0.1, 0.15) is 5.56 Å². The number of pyridine rings is 2. The van der Waals surface area contributed by atoms with E-state index in [1.54, 1.807) is 18.7 Å². The lowest BCUT2D eigenvalue weighted by molar-refractivity contribution is 0.568. The summed E-state index contributed by atoms with van der Waals surface area (Å²) in [5, 5.41) is 4.21. The molecule has 0 fully saturated rings. The molecule has 6 heteroatoms. The number of nitrogens with zero attached hydrogens (tertiary/aromatic N) is 4. The number of fused-ring (bicyclic) bond motifs is 1. The van der Waals surface area contributed by atoms with Crippen LogP contribution in [-0.2, 0) is 6.54 Å². The molecule has 1 N–H and O–H groups in total. The van der Waals surface area contributed by atoms with Gasteiger partial charge < -0.3 is 9.73 Å². The summed E-state index contributed by atoms with van der Waals surface area (Å²) in [7, 11) is 0. The zero-order valence-corrected chi connectivity index (χ0v) is 12.2. The third-order valence-electron chi connectivity index (χ3n) is 3.51. The molecule has 0 bridgehead atoms. The standard InChI is InChI=1S/C17H13N5O/c1-2-14-16(18-6-1)21-11-22-17(14)20-9-12-3-4-15(19-8-12)13-5-7-23-10-13/h1-8,10-11H,9H2,(H,18,20,21,22). The van der Waals surface area contributed by atoms with Gasteiger partial charge in [0.15, 0.2) is 5.65 Å². The zero-order chi connectivity index (χ0) is 15.5. The molecule has 0 unspecified atom stereocenters. The van der Waals surface area contributed by atoms with Crippen LogP contribution in [0, 0.1) is 0 Å². The van der Waals surface area contributed by atoms with Gasteiger partial charge in [0.2, 0.25) is 0 Å². The Kier molecular flexibility index (Phi) is 3.40. The largest absolute Gasteiger partial charge is 0.472 e. The van der Waals surface area contributed by atoms with Gasteiger partial charge in [0, 0.05) is 24.5 Å². The SMILES string of the molecule is c1cnc2ncnc(NCc3ccc(-c4ccoc4)nc3)c2c1. The van der Waals surface area contributed by atoms with Crippen LogP contribution in [0.2, 0.25) is 0 Å². The minimum absolute atomic E-state index is 0.625. The fourth-order valence-electron chi connectivity index (χ4n) is 2.33. The second-order valence-corrected chi connectivity index (χ2v) is 5.01. The Hall–Kier alpha value is -3.28. The summed E-state index contributed by atoms with van der Waals surface area (Å²) >= 11 is 0. The van der Waals surface area contributed by atoms with Crippen LogP contribution in [0.15, 0.2) is 66.0 Å². The zero-order valence-electron chi connectivity index (χ0n) is 12.2. The monoisotopic (exact) mass is 303 g/mol. The Bertz CT molecular complexity index is 914. The molecule has 0 aromatic carbocycles. The van der Waals surface area contributed by atoms with Crippen molar-refractivity contribution < 1.29 is 4.42 Å². The fourth-order valence-corrected chi connectivity index (χ4v) is 2.33. The van der Waals surface area contributed by atoms with E-state index in [2.05, 4.69) is 25.3 Å². The second kappa shape index (κ2) is 5.84. The van der Waals surface area contributed by atoms with Gasteiger partial charge in [-0.1, -0.05) is 6.07 Å². The molecule has 0 amide bonds. The Labute approximate surface area is 132 Å². The molecule has 0 saturated carbocycles. The Balaban J connectivity index is 1.52. The smallest absolute Gasteiger partial charge is 0.164 e. The summed E-state index contributed by atoms with van der Waals surface area (Å²) in [6.45, 7) is 0.625. The maximum absolute atomic E-state index is 5.07. The first-order valence-corrected chi connectivity index (χ1v) is 7.17.